The van der Waals surface area contributed by atoms with Gasteiger partial charge in [-0.25, -0.2) is 4.68 Å². The van der Waals surface area contributed by atoms with Crippen LogP contribution in [0, 0.1) is 5.95 Å². The van der Waals surface area contributed by atoms with E-state index >= 15 is 0 Å². The molecule has 1 saturated carbocycles. The highest BCUT2D eigenvalue weighted by atomic mass is 19.1. The number of hydrogen-bond donors (Lipinski definition) is 1. The van der Waals surface area contributed by atoms with Crippen molar-refractivity contribution in [3.05, 3.63) is 17.7 Å². The summed E-state index contributed by atoms with van der Waals surface area (Å²) in [6, 6.07) is 0.318. The Labute approximate surface area is 83.3 Å². The molecule has 2 rings (SSSR count). The molecule has 0 atom stereocenters. The van der Waals surface area contributed by atoms with Gasteiger partial charge in [-0.3, -0.25) is 0 Å². The lowest BCUT2D eigenvalue weighted by Crippen LogP contribution is -2.20. The average Bonchev–Trinajstić information content (AvgIpc) is 2.43. The average molecular weight is 197 g/mol. The van der Waals surface area contributed by atoms with E-state index in [4.69, 9.17) is 0 Å². The molecule has 0 amide bonds. The highest BCUT2D eigenvalue weighted by Crippen LogP contribution is 2.32. The van der Waals surface area contributed by atoms with E-state index in [9.17, 15) is 4.39 Å². The van der Waals surface area contributed by atoms with E-state index in [-0.39, 0.29) is 5.95 Å². The van der Waals surface area contributed by atoms with Crippen LogP contribution in [0.2, 0.25) is 0 Å². The van der Waals surface area contributed by atoms with Gasteiger partial charge in [0.25, 0.3) is 0 Å². The summed E-state index contributed by atoms with van der Waals surface area (Å²) >= 11 is 0. The molecule has 0 spiro atoms. The monoisotopic (exact) mass is 197 g/mol. The summed E-state index contributed by atoms with van der Waals surface area (Å²) in [5.74, 6) is -0.134. The van der Waals surface area contributed by atoms with Gasteiger partial charge < -0.3 is 5.32 Å². The normalized spacial score (nSPS) is 17.0. The predicted molar refractivity (Wildman–Crippen MR) is 52.7 cm³/mol. The van der Waals surface area contributed by atoms with E-state index in [1.165, 1.54) is 6.42 Å². The number of nitrogens with zero attached hydrogens (tertiary/aromatic N) is 2. The third-order valence-electron chi connectivity index (χ3n) is 2.87. The van der Waals surface area contributed by atoms with Crippen LogP contribution >= 0.6 is 0 Å². The molecule has 0 saturated heterocycles. The molecule has 1 aromatic heterocycles. The maximum absolute atomic E-state index is 13.7. The van der Waals surface area contributed by atoms with Crippen LogP contribution in [0.25, 0.3) is 0 Å². The minimum Gasteiger partial charge on any atom is -0.319 e. The van der Waals surface area contributed by atoms with E-state index in [2.05, 4.69) is 10.4 Å². The van der Waals surface area contributed by atoms with Crippen LogP contribution in [0.4, 0.5) is 4.39 Å². The van der Waals surface area contributed by atoms with Crippen LogP contribution < -0.4 is 5.32 Å². The molecule has 0 unspecified atom stereocenters. The first kappa shape index (κ1) is 9.65. The Morgan fingerprint density at radius 2 is 2.43 bits per heavy atom. The summed E-state index contributed by atoms with van der Waals surface area (Å²) in [6.45, 7) is 0.799. The van der Waals surface area contributed by atoms with Crippen LogP contribution in [0.3, 0.4) is 0 Å². The lowest BCUT2D eigenvalue weighted by atomic mass is 9.93. The van der Waals surface area contributed by atoms with E-state index < -0.39 is 0 Å². The Balaban J connectivity index is 2.06. The predicted octanol–water partition coefficient (Wildman–Crippen LogP) is 1.51. The molecule has 1 aromatic rings. The molecule has 0 radical (unpaired) electrons. The molecule has 14 heavy (non-hydrogen) atoms. The number of likely N-dealkylation sites (N-methyl/N-ethyl adjacent to an activating group) is 1. The van der Waals surface area contributed by atoms with E-state index in [1.807, 2.05) is 7.05 Å². The lowest BCUT2D eigenvalue weighted by Gasteiger charge is -2.25. The first-order valence-corrected chi connectivity index (χ1v) is 5.19. The molecule has 3 nitrogen and oxygen atoms in total. The van der Waals surface area contributed by atoms with E-state index in [1.54, 1.807) is 10.9 Å². The third kappa shape index (κ3) is 1.66. The first-order chi connectivity index (χ1) is 6.83. The second-order valence-electron chi connectivity index (χ2n) is 3.84. The van der Waals surface area contributed by atoms with Crippen molar-refractivity contribution in [2.75, 3.05) is 13.6 Å². The van der Waals surface area contributed by atoms with E-state index in [0.29, 0.717) is 6.04 Å². The number of aromatic nitrogens is 2. The van der Waals surface area contributed by atoms with Crippen LogP contribution in [0.15, 0.2) is 6.20 Å². The molecule has 1 heterocycles. The Hall–Kier alpha value is -0.900. The summed E-state index contributed by atoms with van der Waals surface area (Å²) in [4.78, 5) is 0. The minimum atomic E-state index is -0.134. The van der Waals surface area contributed by atoms with Crippen molar-refractivity contribution in [1.29, 1.82) is 0 Å². The van der Waals surface area contributed by atoms with Gasteiger partial charge in [0.05, 0.1) is 12.2 Å². The van der Waals surface area contributed by atoms with Gasteiger partial charge in [-0.05, 0) is 39.3 Å². The highest BCUT2D eigenvalue weighted by Gasteiger charge is 2.23. The molecule has 1 aliphatic rings. The fourth-order valence-electron chi connectivity index (χ4n) is 1.70. The van der Waals surface area contributed by atoms with Crippen LogP contribution in [-0.2, 0) is 6.42 Å². The topological polar surface area (TPSA) is 29.9 Å². The van der Waals surface area contributed by atoms with Crippen molar-refractivity contribution in [2.24, 2.45) is 0 Å². The van der Waals surface area contributed by atoms with Gasteiger partial charge in [-0.15, -0.1) is 0 Å². The number of rotatable bonds is 4. The molecular formula is C10H16FN3. The minimum absolute atomic E-state index is 0.134. The Kier molecular flexibility index (Phi) is 2.82. The first-order valence-electron chi connectivity index (χ1n) is 5.19. The van der Waals surface area contributed by atoms with Crippen LogP contribution in [0.5, 0.6) is 0 Å². The van der Waals surface area contributed by atoms with Gasteiger partial charge in [0.2, 0.25) is 5.95 Å². The van der Waals surface area contributed by atoms with Crippen molar-refractivity contribution >= 4 is 0 Å². The Morgan fingerprint density at radius 3 is 3.00 bits per heavy atom. The lowest BCUT2D eigenvalue weighted by molar-refractivity contribution is 0.255. The fraction of sp³-hybridized carbons (Fsp3) is 0.700. The van der Waals surface area contributed by atoms with Crippen molar-refractivity contribution in [1.82, 2.24) is 15.1 Å². The zero-order chi connectivity index (χ0) is 9.97. The SMILES string of the molecule is CNCCc1cnn(C2CCC2)c1F. The van der Waals surface area contributed by atoms with Gasteiger partial charge in [0.15, 0.2) is 0 Å². The Morgan fingerprint density at radius 1 is 1.64 bits per heavy atom. The summed E-state index contributed by atoms with van der Waals surface area (Å²) in [5.41, 5.74) is 0.728. The summed E-state index contributed by atoms with van der Waals surface area (Å²) in [7, 11) is 1.87. The molecule has 1 aliphatic carbocycles. The van der Waals surface area contributed by atoms with Gasteiger partial charge in [-0.1, -0.05) is 0 Å². The van der Waals surface area contributed by atoms with Gasteiger partial charge >= 0.3 is 0 Å². The number of nitrogens with one attached hydrogen (secondary N) is 1. The molecule has 78 valence electrons. The maximum Gasteiger partial charge on any atom is 0.214 e. The zero-order valence-electron chi connectivity index (χ0n) is 8.46. The molecule has 0 aliphatic heterocycles. The quantitative estimate of drug-likeness (QED) is 0.793. The fourth-order valence-corrected chi connectivity index (χ4v) is 1.70. The van der Waals surface area contributed by atoms with Crippen molar-refractivity contribution < 1.29 is 4.39 Å². The third-order valence-corrected chi connectivity index (χ3v) is 2.87. The van der Waals surface area contributed by atoms with Crippen LogP contribution in [-0.4, -0.2) is 23.4 Å². The molecule has 0 bridgehead atoms. The number of halogens is 1. The molecule has 1 fully saturated rings. The standard InChI is InChI=1S/C10H16FN3/c1-12-6-5-8-7-13-14(10(8)11)9-3-2-4-9/h7,9,12H,2-6H2,1H3. The zero-order valence-corrected chi connectivity index (χ0v) is 8.46. The number of hydrogen-bond acceptors (Lipinski definition) is 2. The van der Waals surface area contributed by atoms with Crippen LogP contribution in [0.1, 0.15) is 30.9 Å². The largest absolute Gasteiger partial charge is 0.319 e. The second-order valence-corrected chi connectivity index (χ2v) is 3.84. The van der Waals surface area contributed by atoms with Gasteiger partial charge in [0.1, 0.15) is 0 Å². The second kappa shape index (κ2) is 4.09. The van der Waals surface area contributed by atoms with Gasteiger partial charge in [-0.2, -0.15) is 9.49 Å². The summed E-state index contributed by atoms with van der Waals surface area (Å²) < 4.78 is 15.2. The summed E-state index contributed by atoms with van der Waals surface area (Å²) in [5, 5.41) is 7.11. The molecule has 4 heteroatoms. The molecular weight excluding hydrogens is 181 g/mol. The highest BCUT2D eigenvalue weighted by molar-refractivity contribution is 5.08. The summed E-state index contributed by atoms with van der Waals surface area (Å²) in [6.07, 6.45) is 5.73. The smallest absolute Gasteiger partial charge is 0.214 e. The van der Waals surface area contributed by atoms with Crippen molar-refractivity contribution in [3.8, 4) is 0 Å². The van der Waals surface area contributed by atoms with Crippen molar-refractivity contribution in [2.45, 2.75) is 31.7 Å². The maximum atomic E-state index is 13.7. The Bertz CT molecular complexity index is 304. The van der Waals surface area contributed by atoms with E-state index in [0.717, 1.165) is 31.4 Å². The molecule has 1 N–H and O–H groups in total. The van der Waals surface area contributed by atoms with Gasteiger partial charge in [0, 0.05) is 5.56 Å². The molecule has 0 aromatic carbocycles. The van der Waals surface area contributed by atoms with Crippen molar-refractivity contribution in [3.63, 3.8) is 0 Å².